The lowest BCUT2D eigenvalue weighted by Gasteiger charge is -2.44. The Morgan fingerprint density at radius 2 is 1.77 bits per heavy atom. The first-order valence-electron chi connectivity index (χ1n) is 13.5. The molecule has 0 aliphatic carbocycles. The Morgan fingerprint density at radius 3 is 2.41 bits per heavy atom. The zero-order valence-electron chi connectivity index (χ0n) is 23.7. The second kappa shape index (κ2) is 10.4. The topological polar surface area (TPSA) is 83.6 Å². The molecule has 2 aromatic rings. The first kappa shape index (κ1) is 26.7. The lowest BCUT2D eigenvalue weighted by molar-refractivity contribution is 0.106. The zero-order valence-corrected chi connectivity index (χ0v) is 23.7. The van der Waals surface area contributed by atoms with Gasteiger partial charge in [-0.2, -0.15) is 0 Å². The molecule has 1 N–H and O–H groups in total. The van der Waals surface area contributed by atoms with Crippen molar-refractivity contribution in [3.05, 3.63) is 58.8 Å². The number of hydrogen-bond acceptors (Lipinski definition) is 5. The zero-order chi connectivity index (χ0) is 27.9. The van der Waals surface area contributed by atoms with E-state index in [1.807, 2.05) is 58.9 Å². The third-order valence-corrected chi connectivity index (χ3v) is 8.39. The van der Waals surface area contributed by atoms with Crippen LogP contribution in [-0.4, -0.2) is 73.3 Å². The summed E-state index contributed by atoms with van der Waals surface area (Å²) in [7, 11) is 4.90. The van der Waals surface area contributed by atoms with E-state index in [2.05, 4.69) is 18.3 Å². The van der Waals surface area contributed by atoms with Gasteiger partial charge >= 0.3 is 12.1 Å². The summed E-state index contributed by atoms with van der Waals surface area (Å²) < 4.78 is 16.7. The lowest BCUT2D eigenvalue weighted by atomic mass is 9.82. The molecule has 3 heterocycles. The number of benzene rings is 2. The Hall–Kier alpha value is -3.88. The molecule has 0 aromatic heterocycles. The highest BCUT2D eigenvalue weighted by molar-refractivity contribution is 5.91. The van der Waals surface area contributed by atoms with Gasteiger partial charge in [0.25, 0.3) is 0 Å². The third-order valence-electron chi connectivity index (χ3n) is 8.39. The Labute approximate surface area is 230 Å². The summed E-state index contributed by atoms with van der Waals surface area (Å²) in [6.07, 6.45) is 3.55. The molecule has 1 unspecified atom stereocenters. The number of amides is 4. The van der Waals surface area contributed by atoms with Crippen LogP contribution >= 0.6 is 0 Å². The molecule has 9 nitrogen and oxygen atoms in total. The molecule has 3 aliphatic heterocycles. The number of allylic oxidation sites excluding steroid dienone is 1. The van der Waals surface area contributed by atoms with Gasteiger partial charge in [-0.25, -0.2) is 9.59 Å². The number of urea groups is 2. The van der Waals surface area contributed by atoms with Crippen LogP contribution in [0.4, 0.5) is 15.3 Å². The number of anilines is 1. The summed E-state index contributed by atoms with van der Waals surface area (Å²) in [5.74, 6) is 2.14. The molecule has 39 heavy (non-hydrogen) atoms. The molecule has 1 atom stereocenters. The van der Waals surface area contributed by atoms with Crippen molar-refractivity contribution in [1.82, 2.24) is 14.7 Å². The Bertz CT molecular complexity index is 1310. The van der Waals surface area contributed by atoms with E-state index >= 15 is 0 Å². The first-order valence-corrected chi connectivity index (χ1v) is 13.5. The molecule has 2 aromatic carbocycles. The number of likely N-dealkylation sites (N-methyl/N-ethyl adjacent to an activating group) is 1. The molecule has 208 valence electrons. The minimum absolute atomic E-state index is 0.00739. The van der Waals surface area contributed by atoms with Crippen molar-refractivity contribution in [3.8, 4) is 17.2 Å². The highest BCUT2D eigenvalue weighted by Gasteiger charge is 2.55. The van der Waals surface area contributed by atoms with E-state index in [1.165, 1.54) is 0 Å². The number of likely N-dealkylation sites (tertiary alicyclic amines) is 1. The van der Waals surface area contributed by atoms with Crippen molar-refractivity contribution in [3.63, 3.8) is 0 Å². The van der Waals surface area contributed by atoms with Crippen molar-refractivity contribution < 1.29 is 23.8 Å². The van der Waals surface area contributed by atoms with Crippen LogP contribution in [0.3, 0.4) is 0 Å². The maximum absolute atomic E-state index is 13.8. The van der Waals surface area contributed by atoms with E-state index in [9.17, 15) is 9.59 Å². The van der Waals surface area contributed by atoms with Gasteiger partial charge in [0.1, 0.15) is 17.2 Å². The number of carbonyl (C=O) groups is 2. The summed E-state index contributed by atoms with van der Waals surface area (Å²) in [4.78, 5) is 32.8. The first-order chi connectivity index (χ1) is 18.8. The molecular weight excluding hydrogens is 496 g/mol. The van der Waals surface area contributed by atoms with Crippen LogP contribution in [-0.2, 0) is 6.54 Å². The highest BCUT2D eigenvalue weighted by Crippen LogP contribution is 2.49. The van der Waals surface area contributed by atoms with Gasteiger partial charge in [0.2, 0.25) is 0 Å². The van der Waals surface area contributed by atoms with Crippen molar-refractivity contribution in [1.29, 1.82) is 0 Å². The van der Waals surface area contributed by atoms with Crippen LogP contribution in [0.25, 0.3) is 0 Å². The van der Waals surface area contributed by atoms with Crippen LogP contribution in [0, 0.1) is 6.92 Å². The van der Waals surface area contributed by atoms with E-state index in [-0.39, 0.29) is 18.0 Å². The van der Waals surface area contributed by atoms with Crippen molar-refractivity contribution >= 4 is 17.7 Å². The fourth-order valence-electron chi connectivity index (χ4n) is 6.46. The minimum Gasteiger partial charge on any atom is -0.497 e. The smallest absolute Gasteiger partial charge is 0.325 e. The van der Waals surface area contributed by atoms with Crippen molar-refractivity contribution in [2.45, 2.75) is 51.6 Å². The monoisotopic (exact) mass is 534 g/mol. The van der Waals surface area contributed by atoms with Crippen molar-refractivity contribution in [2.24, 2.45) is 0 Å². The van der Waals surface area contributed by atoms with Crippen LogP contribution in [0.2, 0.25) is 0 Å². The van der Waals surface area contributed by atoms with E-state index in [1.54, 1.807) is 21.3 Å². The Kier molecular flexibility index (Phi) is 7.09. The normalized spacial score (nSPS) is 19.7. The molecule has 5 rings (SSSR count). The van der Waals surface area contributed by atoms with E-state index in [0.717, 1.165) is 28.1 Å². The van der Waals surface area contributed by atoms with Gasteiger partial charge in [-0.05, 0) is 56.0 Å². The second-order valence-electron chi connectivity index (χ2n) is 10.5. The molecule has 0 radical (unpaired) electrons. The summed E-state index contributed by atoms with van der Waals surface area (Å²) in [6.45, 7) is 8.28. The second-order valence-corrected chi connectivity index (χ2v) is 10.5. The van der Waals surface area contributed by atoms with Gasteiger partial charge in [-0.15, -0.1) is 0 Å². The highest BCUT2D eigenvalue weighted by atomic mass is 16.5. The number of piperidine rings is 1. The third kappa shape index (κ3) is 4.43. The predicted molar refractivity (Wildman–Crippen MR) is 150 cm³/mol. The molecule has 2 saturated heterocycles. The maximum atomic E-state index is 13.8. The largest absolute Gasteiger partial charge is 0.497 e. The number of carbonyl (C=O) groups excluding carboxylic acids is 2. The predicted octanol–water partition coefficient (Wildman–Crippen LogP) is 5.35. The Balaban J connectivity index is 1.42. The van der Waals surface area contributed by atoms with Gasteiger partial charge < -0.3 is 29.3 Å². The SMILES string of the molecule is CCN1C(=O)N2Cc3cc(OC)cc(OC)c3C(C)C=C2C12CCN(C(=O)Nc1cc(C)ccc1OC)CC2. The van der Waals surface area contributed by atoms with Crippen LogP contribution in [0.5, 0.6) is 17.2 Å². The number of rotatable bonds is 5. The maximum Gasteiger partial charge on any atom is 0.325 e. The van der Waals surface area contributed by atoms with Gasteiger partial charge in [-0.1, -0.05) is 19.1 Å². The van der Waals surface area contributed by atoms with Gasteiger partial charge in [0.05, 0.1) is 39.1 Å². The summed E-state index contributed by atoms with van der Waals surface area (Å²) in [5, 5.41) is 3.02. The standard InChI is InChI=1S/C30H38N4O5/c1-7-34-29(36)33-18-21-16-22(37-4)17-25(39-6)27(21)20(3)15-26(33)30(34)10-12-32(13-11-30)28(35)31-23-14-19(2)8-9-24(23)38-5/h8-9,14-17,20H,7,10-13,18H2,1-6H3,(H,31,35). The average molecular weight is 535 g/mol. The lowest BCUT2D eigenvalue weighted by Crippen LogP contribution is -2.55. The van der Waals surface area contributed by atoms with Gasteiger partial charge in [0, 0.05) is 42.9 Å². The van der Waals surface area contributed by atoms with Crippen LogP contribution in [0.1, 0.15) is 49.3 Å². The number of nitrogens with one attached hydrogen (secondary N) is 1. The quantitative estimate of drug-likeness (QED) is 0.560. The summed E-state index contributed by atoms with van der Waals surface area (Å²) in [5.41, 5.74) is 4.36. The van der Waals surface area contributed by atoms with E-state index in [4.69, 9.17) is 14.2 Å². The van der Waals surface area contributed by atoms with Crippen LogP contribution < -0.4 is 19.5 Å². The number of methoxy groups -OCH3 is 3. The fourth-order valence-corrected chi connectivity index (χ4v) is 6.46. The molecule has 0 bridgehead atoms. The molecule has 0 saturated carbocycles. The van der Waals surface area contributed by atoms with Crippen LogP contribution in [0.15, 0.2) is 42.1 Å². The van der Waals surface area contributed by atoms with Crippen molar-refractivity contribution in [2.75, 3.05) is 46.3 Å². The molecule has 3 aliphatic rings. The molecule has 4 amide bonds. The summed E-state index contributed by atoms with van der Waals surface area (Å²) >= 11 is 0. The molecule has 2 fully saturated rings. The van der Waals surface area contributed by atoms with Gasteiger partial charge in [-0.3, -0.25) is 4.90 Å². The average Bonchev–Trinajstić information content (AvgIpc) is 3.04. The summed E-state index contributed by atoms with van der Waals surface area (Å²) in [6, 6.07) is 9.47. The number of nitrogens with zero attached hydrogens (tertiary/aromatic N) is 3. The van der Waals surface area contributed by atoms with Gasteiger partial charge in [0.15, 0.2) is 0 Å². The number of hydrogen-bond donors (Lipinski definition) is 1. The molecule has 1 spiro atoms. The fraction of sp³-hybridized carbons (Fsp3) is 0.467. The van der Waals surface area contributed by atoms with E-state index < -0.39 is 5.54 Å². The number of fused-ring (bicyclic) bond motifs is 3. The minimum atomic E-state index is -0.461. The number of aryl methyl sites for hydroxylation is 1. The van der Waals surface area contributed by atoms with E-state index in [0.29, 0.717) is 56.2 Å². The number of ether oxygens (including phenoxy) is 3. The molecular formula is C30H38N4O5. The Morgan fingerprint density at radius 1 is 1.05 bits per heavy atom. The molecule has 9 heteroatoms.